The lowest BCUT2D eigenvalue weighted by atomic mass is 9.97. The van der Waals surface area contributed by atoms with Gasteiger partial charge in [0.1, 0.15) is 12.0 Å². The Labute approximate surface area is 178 Å². The second kappa shape index (κ2) is 5.11. The van der Waals surface area contributed by atoms with Gasteiger partial charge in [-0.05, 0) is 43.9 Å². The molecule has 1 N–H and O–H groups in total. The van der Waals surface area contributed by atoms with Crippen molar-refractivity contribution in [1.82, 2.24) is 14.5 Å². The van der Waals surface area contributed by atoms with Gasteiger partial charge in [-0.1, -0.05) is 36.4 Å². The van der Waals surface area contributed by atoms with Crippen LogP contribution in [0.3, 0.4) is 0 Å². The average Bonchev–Trinajstić information content (AvgIpc) is 3.41. The molecule has 5 aromatic rings. The normalized spacial score (nSPS) is 24.4. The monoisotopic (exact) mass is 407 g/mol. The third-order valence-corrected chi connectivity index (χ3v) is 7.76. The van der Waals surface area contributed by atoms with E-state index in [1.165, 1.54) is 21.8 Å². The number of fused-ring (bicyclic) bond motifs is 13. The van der Waals surface area contributed by atoms with Crippen LogP contribution in [0.2, 0.25) is 0 Å². The number of rotatable bonds is 0. The number of nitrogens with zero attached hydrogens (tertiary/aromatic N) is 2. The third-order valence-electron chi connectivity index (χ3n) is 7.76. The molecule has 0 aliphatic carbocycles. The summed E-state index contributed by atoms with van der Waals surface area (Å²) in [7, 11) is 0. The highest BCUT2D eigenvalue weighted by molar-refractivity contribution is 6.30. The van der Waals surface area contributed by atoms with Crippen molar-refractivity contribution in [3.05, 3.63) is 59.7 Å². The zero-order valence-electron chi connectivity index (χ0n) is 17.2. The molecule has 3 aromatic carbocycles. The highest BCUT2D eigenvalue weighted by Crippen LogP contribution is 2.52. The Morgan fingerprint density at radius 1 is 1.00 bits per heavy atom. The number of hydrogen-bond acceptors (Lipinski definition) is 2. The zero-order valence-corrected chi connectivity index (χ0v) is 17.2. The van der Waals surface area contributed by atoms with E-state index >= 15 is 0 Å². The van der Waals surface area contributed by atoms with Crippen LogP contribution in [0.4, 0.5) is 0 Å². The second-order valence-electron chi connectivity index (χ2n) is 9.36. The maximum absolute atomic E-state index is 13.2. The Balaban J connectivity index is 1.80. The van der Waals surface area contributed by atoms with E-state index in [4.69, 9.17) is 4.74 Å². The van der Waals surface area contributed by atoms with Gasteiger partial charge in [-0.2, -0.15) is 0 Å². The van der Waals surface area contributed by atoms with E-state index in [1.807, 2.05) is 0 Å². The molecule has 2 atom stereocenters. The Kier molecular flexibility index (Phi) is 2.70. The number of hydrogen-bond donors (Lipinski definition) is 1. The van der Waals surface area contributed by atoms with Crippen LogP contribution < -0.4 is 5.32 Å². The topological polar surface area (TPSA) is 48.2 Å². The molecule has 8 rings (SSSR count). The first kappa shape index (κ1) is 16.4. The summed E-state index contributed by atoms with van der Waals surface area (Å²) >= 11 is 0. The van der Waals surface area contributed by atoms with Gasteiger partial charge in [0.15, 0.2) is 0 Å². The van der Waals surface area contributed by atoms with Crippen LogP contribution in [0.1, 0.15) is 48.3 Å². The predicted molar refractivity (Wildman–Crippen MR) is 121 cm³/mol. The lowest BCUT2D eigenvalue weighted by Gasteiger charge is -2.39. The predicted octanol–water partition coefficient (Wildman–Crippen LogP) is 5.53. The van der Waals surface area contributed by atoms with Crippen molar-refractivity contribution in [1.29, 1.82) is 0 Å². The Morgan fingerprint density at radius 3 is 2.58 bits per heavy atom. The average molecular weight is 407 g/mol. The SMILES string of the molecule is C[C@@]12CCCC(O1)n1c3ccccc3c3c4c(c5c6ccccc6n2c5c31)CNC4=O. The third kappa shape index (κ3) is 1.70. The van der Waals surface area contributed by atoms with Gasteiger partial charge in [0.05, 0.1) is 27.6 Å². The van der Waals surface area contributed by atoms with Crippen LogP contribution in [0, 0.1) is 0 Å². The van der Waals surface area contributed by atoms with Crippen molar-refractivity contribution in [2.45, 2.75) is 44.7 Å². The molecular weight excluding hydrogens is 386 g/mol. The first-order chi connectivity index (χ1) is 15.2. The number of aromatic nitrogens is 2. The van der Waals surface area contributed by atoms with E-state index < -0.39 is 5.72 Å². The lowest BCUT2D eigenvalue weighted by Crippen LogP contribution is -2.37. The highest BCUT2D eigenvalue weighted by atomic mass is 16.5. The van der Waals surface area contributed by atoms with Crippen LogP contribution in [-0.2, 0) is 17.0 Å². The van der Waals surface area contributed by atoms with Crippen molar-refractivity contribution in [2.75, 3.05) is 0 Å². The van der Waals surface area contributed by atoms with Gasteiger partial charge in [0.2, 0.25) is 0 Å². The molecule has 5 heteroatoms. The quantitative estimate of drug-likeness (QED) is 0.367. The molecule has 1 saturated heterocycles. The molecular formula is C26H21N3O2. The number of carbonyl (C=O) groups is 1. The van der Waals surface area contributed by atoms with Gasteiger partial charge in [-0.3, -0.25) is 4.79 Å². The van der Waals surface area contributed by atoms with Crippen LogP contribution in [-0.4, -0.2) is 15.0 Å². The smallest absolute Gasteiger partial charge is 0.252 e. The van der Waals surface area contributed by atoms with Crippen molar-refractivity contribution in [3.63, 3.8) is 0 Å². The minimum Gasteiger partial charge on any atom is -0.348 e. The minimum absolute atomic E-state index is 0.0365. The van der Waals surface area contributed by atoms with E-state index in [2.05, 4.69) is 69.9 Å². The summed E-state index contributed by atoms with van der Waals surface area (Å²) in [6, 6.07) is 17.1. The van der Waals surface area contributed by atoms with E-state index in [1.54, 1.807) is 0 Å². The summed E-state index contributed by atoms with van der Waals surface area (Å²) in [5.74, 6) is 0.0379. The largest absolute Gasteiger partial charge is 0.348 e. The fraction of sp³-hybridized carbons (Fsp3) is 0.269. The maximum Gasteiger partial charge on any atom is 0.252 e. The standard InChI is InChI=1S/C26H21N3O2/c1-26-12-6-11-19(31-26)28-17-9-4-2-7-14(17)21-22-16(13-27-25(22)30)20-15-8-3-5-10-18(15)29(26)24(20)23(21)28/h2-5,7-10,19H,6,11-13H2,1H3,(H,27,30)/t19?,26-/m0/s1. The molecule has 0 saturated carbocycles. The van der Waals surface area contributed by atoms with Gasteiger partial charge in [-0.25, -0.2) is 0 Å². The molecule has 2 bridgehead atoms. The van der Waals surface area contributed by atoms with Crippen molar-refractivity contribution in [3.8, 4) is 0 Å². The molecule has 5 heterocycles. The number of para-hydroxylation sites is 2. The van der Waals surface area contributed by atoms with Gasteiger partial charge >= 0.3 is 0 Å². The second-order valence-corrected chi connectivity index (χ2v) is 9.36. The zero-order chi connectivity index (χ0) is 20.5. The minimum atomic E-state index is -0.415. The molecule has 3 aliphatic rings. The van der Waals surface area contributed by atoms with Gasteiger partial charge < -0.3 is 19.2 Å². The summed E-state index contributed by atoms with van der Waals surface area (Å²) in [4.78, 5) is 13.2. The maximum atomic E-state index is 13.2. The number of amides is 1. The van der Waals surface area contributed by atoms with Gasteiger partial charge in [0, 0.05) is 28.1 Å². The summed E-state index contributed by atoms with van der Waals surface area (Å²) in [6.07, 6.45) is 3.04. The molecule has 0 spiro atoms. The molecule has 3 aliphatic heterocycles. The van der Waals surface area contributed by atoms with E-state index in [9.17, 15) is 4.79 Å². The van der Waals surface area contributed by atoms with Crippen molar-refractivity contribution >= 4 is 49.5 Å². The molecule has 0 radical (unpaired) electrons. The Morgan fingerprint density at radius 2 is 1.74 bits per heavy atom. The van der Waals surface area contributed by atoms with Crippen LogP contribution in [0.25, 0.3) is 43.6 Å². The van der Waals surface area contributed by atoms with Crippen LogP contribution >= 0.6 is 0 Å². The van der Waals surface area contributed by atoms with Crippen molar-refractivity contribution < 1.29 is 9.53 Å². The first-order valence-corrected chi connectivity index (χ1v) is 11.1. The van der Waals surface area contributed by atoms with Gasteiger partial charge in [-0.15, -0.1) is 0 Å². The first-order valence-electron chi connectivity index (χ1n) is 11.1. The highest BCUT2D eigenvalue weighted by Gasteiger charge is 2.43. The van der Waals surface area contributed by atoms with E-state index in [0.29, 0.717) is 6.54 Å². The lowest BCUT2D eigenvalue weighted by molar-refractivity contribution is -0.186. The number of benzene rings is 3. The number of carbonyl (C=O) groups excluding carboxylic acids is 1. The molecule has 5 nitrogen and oxygen atoms in total. The van der Waals surface area contributed by atoms with E-state index in [-0.39, 0.29) is 12.1 Å². The molecule has 31 heavy (non-hydrogen) atoms. The van der Waals surface area contributed by atoms with Gasteiger partial charge in [0.25, 0.3) is 5.91 Å². The molecule has 1 amide bonds. The Hall–Kier alpha value is -3.31. The molecule has 1 fully saturated rings. The molecule has 1 unspecified atom stereocenters. The van der Waals surface area contributed by atoms with Crippen LogP contribution in [0.5, 0.6) is 0 Å². The summed E-state index contributed by atoms with van der Waals surface area (Å²) in [6.45, 7) is 2.82. The molecule has 152 valence electrons. The molecule has 2 aromatic heterocycles. The number of ether oxygens (including phenoxy) is 1. The summed E-state index contributed by atoms with van der Waals surface area (Å²) in [5.41, 5.74) is 6.27. The summed E-state index contributed by atoms with van der Waals surface area (Å²) < 4.78 is 11.7. The van der Waals surface area contributed by atoms with Crippen LogP contribution in [0.15, 0.2) is 48.5 Å². The Bertz CT molecular complexity index is 1640. The fourth-order valence-corrected chi connectivity index (χ4v) is 6.63. The van der Waals surface area contributed by atoms with E-state index in [0.717, 1.165) is 52.2 Å². The number of nitrogens with one attached hydrogen (secondary N) is 1. The summed E-state index contributed by atoms with van der Waals surface area (Å²) in [5, 5.41) is 7.76. The fourth-order valence-electron chi connectivity index (χ4n) is 6.63. The van der Waals surface area contributed by atoms with Crippen molar-refractivity contribution in [2.24, 2.45) is 0 Å².